The zero-order valence-electron chi connectivity index (χ0n) is 14.0. The number of nitrogens with one attached hydrogen (secondary N) is 2. The van der Waals surface area contributed by atoms with Gasteiger partial charge in [-0.05, 0) is 55.7 Å². The van der Waals surface area contributed by atoms with E-state index in [1.807, 2.05) is 18.2 Å². The summed E-state index contributed by atoms with van der Waals surface area (Å²) in [5.74, 6) is -0.601. The van der Waals surface area contributed by atoms with Crippen molar-refractivity contribution in [3.8, 4) is 0 Å². The van der Waals surface area contributed by atoms with Gasteiger partial charge in [0.2, 0.25) is 5.91 Å². The molecule has 25 heavy (non-hydrogen) atoms. The molecule has 0 aromatic heterocycles. The fourth-order valence-electron chi connectivity index (χ4n) is 2.98. The minimum absolute atomic E-state index is 0.254. The highest BCUT2D eigenvalue weighted by molar-refractivity contribution is 5.99. The molecular weight excluding hydrogens is 321 g/mol. The summed E-state index contributed by atoms with van der Waals surface area (Å²) >= 11 is 0. The summed E-state index contributed by atoms with van der Waals surface area (Å²) in [6.07, 6.45) is 1.37. The van der Waals surface area contributed by atoms with Crippen molar-refractivity contribution in [3.63, 3.8) is 0 Å². The number of amides is 3. The van der Waals surface area contributed by atoms with E-state index in [2.05, 4.69) is 10.6 Å². The lowest BCUT2D eigenvalue weighted by molar-refractivity contribution is -0.119. The van der Waals surface area contributed by atoms with Gasteiger partial charge in [-0.25, -0.2) is 9.18 Å². The van der Waals surface area contributed by atoms with Crippen LogP contribution in [0.1, 0.15) is 18.4 Å². The Morgan fingerprint density at radius 1 is 1.12 bits per heavy atom. The molecule has 0 radical (unpaired) electrons. The number of benzene rings is 2. The van der Waals surface area contributed by atoms with E-state index in [9.17, 15) is 14.0 Å². The zero-order valence-corrected chi connectivity index (χ0v) is 14.0. The highest BCUT2D eigenvalue weighted by Crippen LogP contribution is 2.22. The molecule has 1 saturated heterocycles. The number of hydrogen-bond donors (Lipinski definition) is 2. The van der Waals surface area contributed by atoms with E-state index in [1.54, 1.807) is 24.0 Å². The third kappa shape index (κ3) is 3.96. The van der Waals surface area contributed by atoms with E-state index in [0.29, 0.717) is 29.9 Å². The second-order valence-electron chi connectivity index (χ2n) is 6.10. The predicted molar refractivity (Wildman–Crippen MR) is 95.0 cm³/mol. The zero-order chi connectivity index (χ0) is 17.8. The number of para-hydroxylation sites is 1. The summed E-state index contributed by atoms with van der Waals surface area (Å²) in [5, 5.41) is 5.61. The first kappa shape index (κ1) is 17.0. The maximum atomic E-state index is 13.2. The number of carbonyl (C=O) groups excluding carboxylic acids is 2. The van der Waals surface area contributed by atoms with Crippen LogP contribution in [0.15, 0.2) is 48.5 Å². The van der Waals surface area contributed by atoms with Crippen LogP contribution in [-0.2, 0) is 4.79 Å². The first-order valence-corrected chi connectivity index (χ1v) is 8.24. The molecule has 0 aliphatic carbocycles. The van der Waals surface area contributed by atoms with Gasteiger partial charge >= 0.3 is 6.03 Å². The third-order valence-electron chi connectivity index (χ3n) is 4.29. The molecule has 5 nitrogen and oxygen atoms in total. The van der Waals surface area contributed by atoms with Crippen molar-refractivity contribution in [2.24, 2.45) is 0 Å². The monoisotopic (exact) mass is 341 g/mol. The first-order valence-electron chi connectivity index (χ1n) is 8.24. The van der Waals surface area contributed by atoms with Crippen molar-refractivity contribution < 1.29 is 14.0 Å². The summed E-state index contributed by atoms with van der Waals surface area (Å²) in [5.41, 5.74) is 1.89. The Hall–Kier alpha value is -2.89. The van der Waals surface area contributed by atoms with Crippen LogP contribution in [0, 0.1) is 12.7 Å². The Morgan fingerprint density at radius 3 is 2.60 bits per heavy atom. The van der Waals surface area contributed by atoms with Gasteiger partial charge in [0.05, 0.1) is 0 Å². The molecule has 0 saturated carbocycles. The van der Waals surface area contributed by atoms with Crippen molar-refractivity contribution >= 4 is 23.3 Å². The van der Waals surface area contributed by atoms with Gasteiger partial charge in [-0.2, -0.15) is 0 Å². The molecule has 3 rings (SSSR count). The minimum Gasteiger partial charge on any atom is -0.324 e. The summed E-state index contributed by atoms with van der Waals surface area (Å²) in [6, 6.07) is 12.5. The molecule has 1 heterocycles. The molecule has 0 bridgehead atoms. The largest absolute Gasteiger partial charge is 0.324 e. The van der Waals surface area contributed by atoms with Gasteiger partial charge < -0.3 is 15.5 Å². The van der Waals surface area contributed by atoms with Gasteiger partial charge in [0, 0.05) is 17.9 Å². The second kappa shape index (κ2) is 7.34. The Labute approximate surface area is 145 Å². The second-order valence-corrected chi connectivity index (χ2v) is 6.10. The highest BCUT2D eigenvalue weighted by Gasteiger charge is 2.34. The lowest BCUT2D eigenvalue weighted by Crippen LogP contribution is -2.45. The van der Waals surface area contributed by atoms with E-state index in [0.717, 1.165) is 6.42 Å². The third-order valence-corrected chi connectivity index (χ3v) is 4.29. The van der Waals surface area contributed by atoms with Crippen LogP contribution < -0.4 is 10.6 Å². The van der Waals surface area contributed by atoms with Crippen LogP contribution in [-0.4, -0.2) is 29.4 Å². The van der Waals surface area contributed by atoms with E-state index in [1.165, 1.54) is 18.2 Å². The normalized spacial score (nSPS) is 16.6. The lowest BCUT2D eigenvalue weighted by Gasteiger charge is -2.24. The van der Waals surface area contributed by atoms with Crippen LogP contribution in [0.3, 0.4) is 0 Å². The fourth-order valence-corrected chi connectivity index (χ4v) is 2.98. The number of aryl methyl sites for hydroxylation is 1. The fraction of sp³-hybridized carbons (Fsp3) is 0.263. The SMILES string of the molecule is Cc1cc(F)ccc1NC(=O)C1CCCN1C(=O)Nc1ccccc1. The van der Waals surface area contributed by atoms with E-state index < -0.39 is 6.04 Å². The molecule has 3 amide bonds. The van der Waals surface area contributed by atoms with Crippen molar-refractivity contribution in [1.29, 1.82) is 0 Å². The predicted octanol–water partition coefficient (Wildman–Crippen LogP) is 3.77. The number of likely N-dealkylation sites (tertiary alicyclic amines) is 1. The smallest absolute Gasteiger partial charge is 0.322 e. The molecule has 1 atom stereocenters. The number of urea groups is 1. The van der Waals surface area contributed by atoms with Crippen molar-refractivity contribution in [3.05, 3.63) is 59.9 Å². The lowest BCUT2D eigenvalue weighted by atomic mass is 10.1. The Bertz CT molecular complexity index is 779. The van der Waals surface area contributed by atoms with Crippen LogP contribution in [0.5, 0.6) is 0 Å². The quantitative estimate of drug-likeness (QED) is 0.893. The van der Waals surface area contributed by atoms with Gasteiger partial charge in [0.15, 0.2) is 0 Å². The van der Waals surface area contributed by atoms with Gasteiger partial charge in [-0.3, -0.25) is 4.79 Å². The molecule has 6 heteroatoms. The average molecular weight is 341 g/mol. The van der Waals surface area contributed by atoms with Gasteiger partial charge in [-0.1, -0.05) is 18.2 Å². The Morgan fingerprint density at radius 2 is 1.88 bits per heavy atom. The summed E-state index contributed by atoms with van der Waals surface area (Å²) in [4.78, 5) is 26.6. The van der Waals surface area contributed by atoms with Crippen molar-refractivity contribution in [1.82, 2.24) is 4.90 Å². The number of hydrogen-bond acceptors (Lipinski definition) is 2. The number of carbonyl (C=O) groups is 2. The van der Waals surface area contributed by atoms with Crippen molar-refractivity contribution in [2.75, 3.05) is 17.2 Å². The molecule has 1 unspecified atom stereocenters. The standard InChI is InChI=1S/C19H20FN3O2/c1-13-12-14(20)9-10-16(13)22-18(24)17-8-5-11-23(17)19(25)21-15-6-3-2-4-7-15/h2-4,6-7,9-10,12,17H,5,8,11H2,1H3,(H,21,25)(H,22,24). The molecule has 2 aromatic rings. The average Bonchev–Trinajstić information content (AvgIpc) is 3.08. The van der Waals surface area contributed by atoms with Crippen LogP contribution in [0.4, 0.5) is 20.6 Å². The molecule has 1 fully saturated rings. The minimum atomic E-state index is -0.534. The molecule has 1 aliphatic rings. The molecular formula is C19H20FN3O2. The summed E-state index contributed by atoms with van der Waals surface area (Å²) in [7, 11) is 0. The maximum Gasteiger partial charge on any atom is 0.322 e. The van der Waals surface area contributed by atoms with E-state index in [-0.39, 0.29) is 17.8 Å². The Kier molecular flexibility index (Phi) is 4.97. The molecule has 2 aromatic carbocycles. The molecule has 2 N–H and O–H groups in total. The van der Waals surface area contributed by atoms with Gasteiger partial charge in [0.1, 0.15) is 11.9 Å². The van der Waals surface area contributed by atoms with Gasteiger partial charge in [0.25, 0.3) is 0 Å². The highest BCUT2D eigenvalue weighted by atomic mass is 19.1. The summed E-state index contributed by atoms with van der Waals surface area (Å²) in [6.45, 7) is 2.26. The molecule has 130 valence electrons. The number of rotatable bonds is 3. The first-order chi connectivity index (χ1) is 12.0. The molecule has 1 aliphatic heterocycles. The Balaban J connectivity index is 1.68. The van der Waals surface area contributed by atoms with Crippen LogP contribution in [0.25, 0.3) is 0 Å². The molecule has 0 spiro atoms. The van der Waals surface area contributed by atoms with Crippen molar-refractivity contribution in [2.45, 2.75) is 25.8 Å². The van der Waals surface area contributed by atoms with Gasteiger partial charge in [-0.15, -0.1) is 0 Å². The maximum absolute atomic E-state index is 13.2. The number of nitrogens with zero attached hydrogens (tertiary/aromatic N) is 1. The van der Waals surface area contributed by atoms with E-state index in [4.69, 9.17) is 0 Å². The number of halogens is 1. The topological polar surface area (TPSA) is 61.4 Å². The van der Waals surface area contributed by atoms with Crippen LogP contribution >= 0.6 is 0 Å². The summed E-state index contributed by atoms with van der Waals surface area (Å²) < 4.78 is 13.2. The van der Waals surface area contributed by atoms with E-state index >= 15 is 0 Å². The van der Waals surface area contributed by atoms with Crippen LogP contribution in [0.2, 0.25) is 0 Å². The number of anilines is 2.